The van der Waals surface area contributed by atoms with Crippen LogP contribution in [0.4, 0.5) is 5.69 Å². The molecule has 5 heteroatoms. The zero-order valence-electron chi connectivity index (χ0n) is 12.5. The maximum Gasteiger partial charge on any atom is 0.221 e. The number of amides is 1. The molecule has 114 valence electrons. The summed E-state index contributed by atoms with van der Waals surface area (Å²) in [6.45, 7) is 1.46. The molecule has 0 aliphatic carbocycles. The molecule has 2 N–H and O–H groups in total. The van der Waals surface area contributed by atoms with Crippen LogP contribution in [0.2, 0.25) is 0 Å². The molecule has 0 fully saturated rings. The third kappa shape index (κ3) is 3.52. The van der Waals surface area contributed by atoms with Gasteiger partial charge in [0.1, 0.15) is 0 Å². The molecule has 0 spiro atoms. The van der Waals surface area contributed by atoms with E-state index in [1.54, 1.807) is 18.2 Å². The molecule has 23 heavy (non-hydrogen) atoms. The van der Waals surface area contributed by atoms with Crippen LogP contribution in [0, 0.1) is 0 Å². The normalized spacial score (nSPS) is 11.0. The van der Waals surface area contributed by atoms with E-state index in [0.29, 0.717) is 5.82 Å². The van der Waals surface area contributed by atoms with Crippen LogP contribution in [0.5, 0.6) is 0 Å². The zero-order valence-corrected chi connectivity index (χ0v) is 12.5. The molecule has 3 rings (SSSR count). The van der Waals surface area contributed by atoms with Crippen molar-refractivity contribution >= 4 is 34.5 Å². The Labute approximate surface area is 133 Å². The van der Waals surface area contributed by atoms with Gasteiger partial charge >= 0.3 is 0 Å². The number of aromatic nitrogens is 2. The third-order valence-corrected chi connectivity index (χ3v) is 3.28. The summed E-state index contributed by atoms with van der Waals surface area (Å²) in [5.41, 5.74) is 3.19. The van der Waals surface area contributed by atoms with Crippen LogP contribution in [-0.4, -0.2) is 21.7 Å². The van der Waals surface area contributed by atoms with Crippen molar-refractivity contribution in [3.63, 3.8) is 0 Å². The van der Waals surface area contributed by atoms with Gasteiger partial charge in [0.05, 0.1) is 11.0 Å². The lowest BCUT2D eigenvalue weighted by molar-refractivity contribution is -0.114. The monoisotopic (exact) mass is 305 g/mol. The largest absolute Gasteiger partial charge is 0.335 e. The van der Waals surface area contributed by atoms with Gasteiger partial charge in [0.2, 0.25) is 11.7 Å². The van der Waals surface area contributed by atoms with Crippen LogP contribution in [0.15, 0.2) is 54.6 Å². The van der Waals surface area contributed by atoms with E-state index in [-0.39, 0.29) is 11.7 Å². The number of benzene rings is 2. The summed E-state index contributed by atoms with van der Waals surface area (Å²) in [6, 6.07) is 14.7. The number of fused-ring (bicyclic) bond motifs is 1. The highest BCUT2D eigenvalue weighted by Gasteiger charge is 2.07. The van der Waals surface area contributed by atoms with Gasteiger partial charge in [-0.2, -0.15) is 0 Å². The first-order chi connectivity index (χ1) is 11.1. The van der Waals surface area contributed by atoms with Gasteiger partial charge in [-0.25, -0.2) is 4.98 Å². The maximum atomic E-state index is 12.2. The number of carbonyl (C=O) groups excluding carboxylic acids is 2. The van der Waals surface area contributed by atoms with Gasteiger partial charge in [-0.15, -0.1) is 0 Å². The summed E-state index contributed by atoms with van der Waals surface area (Å²) in [4.78, 5) is 30.4. The number of nitrogens with zero attached hydrogens (tertiary/aromatic N) is 1. The first-order valence-electron chi connectivity index (χ1n) is 7.16. The zero-order chi connectivity index (χ0) is 16.2. The fourth-order valence-corrected chi connectivity index (χ4v) is 2.20. The molecule has 0 aliphatic rings. The van der Waals surface area contributed by atoms with Gasteiger partial charge < -0.3 is 10.3 Å². The lowest BCUT2D eigenvalue weighted by Gasteiger charge is -2.01. The smallest absolute Gasteiger partial charge is 0.221 e. The minimum Gasteiger partial charge on any atom is -0.335 e. The second kappa shape index (κ2) is 6.27. The number of nitrogens with one attached hydrogen (secondary N) is 2. The number of carbonyl (C=O) groups is 2. The molecule has 0 radical (unpaired) electrons. The molecule has 1 aromatic heterocycles. The van der Waals surface area contributed by atoms with E-state index in [0.717, 1.165) is 22.3 Å². The van der Waals surface area contributed by atoms with Crippen LogP contribution in [0.25, 0.3) is 17.1 Å². The Morgan fingerprint density at radius 2 is 1.83 bits per heavy atom. The molecular formula is C18H15N3O2. The van der Waals surface area contributed by atoms with E-state index in [4.69, 9.17) is 0 Å². The number of imidazole rings is 1. The lowest BCUT2D eigenvalue weighted by Crippen LogP contribution is -2.05. The Kier molecular flexibility index (Phi) is 4.01. The number of H-pyrrole nitrogens is 1. The Morgan fingerprint density at radius 1 is 1.09 bits per heavy atom. The first-order valence-corrected chi connectivity index (χ1v) is 7.16. The van der Waals surface area contributed by atoms with Crippen LogP contribution < -0.4 is 5.32 Å². The number of aromatic amines is 1. The molecule has 0 aliphatic heterocycles. The Balaban J connectivity index is 1.73. The quantitative estimate of drug-likeness (QED) is 0.573. The van der Waals surface area contributed by atoms with Gasteiger partial charge in [-0.3, -0.25) is 9.59 Å². The third-order valence-electron chi connectivity index (χ3n) is 3.28. The van der Waals surface area contributed by atoms with Crippen LogP contribution >= 0.6 is 0 Å². The lowest BCUT2D eigenvalue weighted by atomic mass is 10.1. The fourth-order valence-electron chi connectivity index (χ4n) is 2.20. The van der Waals surface area contributed by atoms with Crippen LogP contribution in [0.1, 0.15) is 23.1 Å². The summed E-state index contributed by atoms with van der Waals surface area (Å²) in [5.74, 6) is 0.0119. The van der Waals surface area contributed by atoms with E-state index in [1.807, 2.05) is 36.4 Å². The van der Waals surface area contributed by atoms with Crippen molar-refractivity contribution in [2.45, 2.75) is 6.92 Å². The molecule has 0 saturated heterocycles. The van der Waals surface area contributed by atoms with Crippen molar-refractivity contribution in [1.29, 1.82) is 0 Å². The van der Waals surface area contributed by atoms with E-state index in [2.05, 4.69) is 15.3 Å². The van der Waals surface area contributed by atoms with E-state index in [1.165, 1.54) is 13.0 Å². The van der Waals surface area contributed by atoms with Gasteiger partial charge in [0, 0.05) is 12.6 Å². The number of para-hydroxylation sites is 2. The number of hydrogen-bond acceptors (Lipinski definition) is 3. The highest BCUT2D eigenvalue weighted by molar-refractivity contribution is 6.05. The highest BCUT2D eigenvalue weighted by atomic mass is 16.1. The Bertz CT molecular complexity index is 859. The minimum atomic E-state index is -0.188. The topological polar surface area (TPSA) is 74.8 Å². The molecule has 0 unspecified atom stereocenters. The van der Waals surface area contributed by atoms with E-state index >= 15 is 0 Å². The molecule has 5 nitrogen and oxygen atoms in total. The number of hydrogen-bond donors (Lipinski definition) is 2. The van der Waals surface area contributed by atoms with Crippen molar-refractivity contribution in [2.24, 2.45) is 0 Å². The highest BCUT2D eigenvalue weighted by Crippen LogP contribution is 2.13. The molecule has 2 aromatic carbocycles. The molecule has 0 bridgehead atoms. The minimum absolute atomic E-state index is 0.117. The van der Waals surface area contributed by atoms with Gasteiger partial charge in [0.25, 0.3) is 0 Å². The van der Waals surface area contributed by atoms with Crippen LogP contribution in [0.3, 0.4) is 0 Å². The molecule has 1 amide bonds. The molecule has 1 heterocycles. The average molecular weight is 305 g/mol. The van der Waals surface area contributed by atoms with Crippen molar-refractivity contribution in [2.75, 3.05) is 5.32 Å². The van der Waals surface area contributed by atoms with Gasteiger partial charge in [-0.05, 0) is 35.9 Å². The number of rotatable bonds is 4. The van der Waals surface area contributed by atoms with Gasteiger partial charge in [0.15, 0.2) is 5.82 Å². The summed E-state index contributed by atoms with van der Waals surface area (Å²) >= 11 is 0. The Hall–Kier alpha value is -3.21. The van der Waals surface area contributed by atoms with Gasteiger partial charge in [-0.1, -0.05) is 30.3 Å². The second-order valence-electron chi connectivity index (χ2n) is 5.10. The number of ketones is 1. The van der Waals surface area contributed by atoms with Crippen molar-refractivity contribution in [3.8, 4) is 0 Å². The average Bonchev–Trinajstić information content (AvgIpc) is 2.97. The predicted molar refractivity (Wildman–Crippen MR) is 90.2 cm³/mol. The SMILES string of the molecule is CC(=O)Nc1ccc(/C=C/C(=O)c2nc3ccccc3[nH]2)cc1. The van der Waals surface area contributed by atoms with Crippen molar-refractivity contribution in [3.05, 3.63) is 66.0 Å². The standard InChI is InChI=1S/C18H15N3O2/c1-12(22)19-14-9-6-13(7-10-14)8-11-17(23)18-20-15-4-2-3-5-16(15)21-18/h2-11H,1H3,(H,19,22)(H,20,21)/b11-8+. The molecule has 0 saturated carbocycles. The van der Waals surface area contributed by atoms with Crippen molar-refractivity contribution in [1.82, 2.24) is 9.97 Å². The summed E-state index contributed by atoms with van der Waals surface area (Å²) < 4.78 is 0. The van der Waals surface area contributed by atoms with Crippen molar-refractivity contribution < 1.29 is 9.59 Å². The number of allylic oxidation sites excluding steroid dienone is 1. The first kappa shape index (κ1) is 14.7. The number of anilines is 1. The second-order valence-corrected chi connectivity index (χ2v) is 5.10. The fraction of sp³-hybridized carbons (Fsp3) is 0.0556. The predicted octanol–water partition coefficient (Wildman–Crippen LogP) is 3.42. The van der Waals surface area contributed by atoms with E-state index in [9.17, 15) is 9.59 Å². The Morgan fingerprint density at radius 3 is 2.52 bits per heavy atom. The molecule has 0 atom stereocenters. The van der Waals surface area contributed by atoms with Crippen LogP contribution in [-0.2, 0) is 4.79 Å². The summed E-state index contributed by atoms with van der Waals surface area (Å²) in [6.07, 6.45) is 3.19. The summed E-state index contributed by atoms with van der Waals surface area (Å²) in [5, 5.41) is 2.69. The summed E-state index contributed by atoms with van der Waals surface area (Å²) in [7, 11) is 0. The molecular weight excluding hydrogens is 290 g/mol. The molecule has 3 aromatic rings. The maximum absolute atomic E-state index is 12.2. The van der Waals surface area contributed by atoms with E-state index < -0.39 is 0 Å².